The maximum Gasteiger partial charge on any atom is 0 e. The Morgan fingerprint density at radius 1 is 0.500 bits per heavy atom. The van der Waals surface area contributed by atoms with Crippen LogP contribution in [0.1, 0.15) is 0 Å². The minimum Gasteiger partial charge on any atom is -0.412 e. The van der Waals surface area contributed by atoms with Crippen LogP contribution in [0.15, 0.2) is 0 Å². The van der Waals surface area contributed by atoms with Gasteiger partial charge in [-0.15, -0.1) is 0 Å². The van der Waals surface area contributed by atoms with Crippen LogP contribution in [0.25, 0.3) is 0 Å². The standard InChI is InChI=1S/2H2O.P4/c;;1-2-3(1)4(1)2/h2*1H2;. The molecule has 4 rings (SSSR count). The molecule has 0 aliphatic heterocycles. The van der Waals surface area contributed by atoms with E-state index in [1.807, 2.05) is 0 Å². The predicted octanol–water partition coefficient (Wildman–Crippen LogP) is 1.80. The Morgan fingerprint density at radius 3 is 0.667 bits per heavy atom. The molecule has 0 spiro atoms. The number of hydrogen-bond acceptors (Lipinski definition) is 0. The summed E-state index contributed by atoms with van der Waals surface area (Å²) in [5.41, 5.74) is 0. The van der Waals surface area contributed by atoms with Gasteiger partial charge in [0, 0.05) is 25.5 Å². The molecule has 4 heterocycles. The van der Waals surface area contributed by atoms with Gasteiger partial charge in [-0.2, -0.15) is 0 Å². The normalized spacial score (nSPS) is 24.0. The van der Waals surface area contributed by atoms with E-state index in [0.29, 0.717) is 0 Å². The smallest absolute Gasteiger partial charge is 0 e. The van der Waals surface area contributed by atoms with Gasteiger partial charge in [0.05, 0.1) is 0 Å². The van der Waals surface area contributed by atoms with Crippen molar-refractivity contribution in [2.45, 2.75) is 0 Å². The molecule has 6 heteroatoms. The maximum absolute atomic E-state index is 1.07. The van der Waals surface area contributed by atoms with Gasteiger partial charge >= 0.3 is 0 Å². The quantitative estimate of drug-likeness (QED) is 0.481. The van der Waals surface area contributed by atoms with Crippen molar-refractivity contribution in [3.8, 4) is 0 Å². The zero-order chi connectivity index (χ0) is 2.31. The lowest BCUT2D eigenvalue weighted by molar-refractivity contribution is 0.823. The second-order valence-electron chi connectivity index (χ2n) is 1.07. The average Bonchev–Trinajstić information content (AvgIpc) is 1.71. The lowest BCUT2D eigenvalue weighted by Gasteiger charge is -0.816. The average molecular weight is 160 g/mol. The van der Waals surface area contributed by atoms with Gasteiger partial charge in [-0.3, -0.25) is 0 Å². The first-order valence-corrected chi connectivity index (χ1v) is 10.8. The van der Waals surface area contributed by atoms with Crippen molar-refractivity contribution in [3.63, 3.8) is 0 Å². The van der Waals surface area contributed by atoms with Crippen LogP contribution in [0.3, 0.4) is 0 Å². The topological polar surface area (TPSA) is 63.0 Å². The van der Waals surface area contributed by atoms with Gasteiger partial charge in [0.1, 0.15) is 0 Å². The Labute approximate surface area is 37.2 Å². The first-order valence-electron chi connectivity index (χ1n) is 1.20. The summed E-state index contributed by atoms with van der Waals surface area (Å²) >= 11 is 0. The highest BCUT2D eigenvalue weighted by Crippen LogP contribution is 3.31. The molecule has 0 unspecified atom stereocenters. The van der Waals surface area contributed by atoms with Crippen molar-refractivity contribution in [2.75, 3.05) is 0 Å². The van der Waals surface area contributed by atoms with E-state index in [2.05, 4.69) is 0 Å². The largest absolute Gasteiger partial charge is 0.412 e. The third kappa shape index (κ3) is 0.297. The van der Waals surface area contributed by atoms with Crippen molar-refractivity contribution in [3.05, 3.63) is 0 Å². The summed E-state index contributed by atoms with van der Waals surface area (Å²) in [4.78, 5) is 0. The molecule has 0 atom stereocenters. The molecule has 6 heavy (non-hydrogen) atoms. The molecule has 36 valence electrons. The molecule has 2 nitrogen and oxygen atoms in total. The molecular weight excluding hydrogens is 156 g/mol. The first-order chi connectivity index (χ1) is 2.00. The third-order valence-electron chi connectivity index (χ3n) is 0.838. The summed E-state index contributed by atoms with van der Waals surface area (Å²) in [7, 11) is 0. The van der Waals surface area contributed by atoms with E-state index in [1.54, 1.807) is 0 Å². The highest BCUT2D eigenvalue weighted by Gasteiger charge is 2.45. The fourth-order valence-corrected chi connectivity index (χ4v) is 61.9. The second kappa shape index (κ2) is 0.932. The van der Waals surface area contributed by atoms with Crippen LogP contribution in [-0.2, 0) is 0 Å². The van der Waals surface area contributed by atoms with Crippen molar-refractivity contribution in [1.29, 1.82) is 0 Å². The predicted molar refractivity (Wildman–Crippen MR) is 34.9 cm³/mol. The van der Waals surface area contributed by atoms with Gasteiger partial charge in [-0.25, -0.2) is 0 Å². The minimum atomic E-state index is 0. The van der Waals surface area contributed by atoms with Crippen LogP contribution in [0, 0.1) is 0 Å². The van der Waals surface area contributed by atoms with E-state index >= 15 is 0 Å². The third-order valence-corrected chi connectivity index (χ3v) is 48.5. The molecule has 0 aliphatic carbocycles. The molecule has 0 fully saturated rings. The second-order valence-corrected chi connectivity index (χ2v) is 29.0. The van der Waals surface area contributed by atoms with Gasteiger partial charge in [-0.05, 0) is 0 Å². The summed E-state index contributed by atoms with van der Waals surface area (Å²) < 4.78 is 0. The van der Waals surface area contributed by atoms with E-state index in [-0.39, 0.29) is 11.0 Å². The van der Waals surface area contributed by atoms with Gasteiger partial charge in [-0.1, -0.05) is 0 Å². The fourth-order valence-electron chi connectivity index (χ4n) is 0.335. The van der Waals surface area contributed by atoms with Crippen LogP contribution < -0.4 is 0 Å². The lowest BCUT2D eigenvalue weighted by Crippen LogP contribution is -0.290. The summed E-state index contributed by atoms with van der Waals surface area (Å²) in [5.74, 6) is 0. The molecule has 0 bridgehead atoms. The van der Waals surface area contributed by atoms with E-state index in [1.165, 1.54) is 0 Å². The van der Waals surface area contributed by atoms with Crippen molar-refractivity contribution in [2.24, 2.45) is 0 Å². The SMILES string of the molecule is O.O.p12p3p1p23. The molecule has 0 saturated carbocycles. The molecule has 4 N–H and O–H groups in total. The Bertz CT molecular complexity index is 159. The Balaban J connectivity index is 0.0000000900. The van der Waals surface area contributed by atoms with Crippen LogP contribution in [0.5, 0.6) is 0 Å². The summed E-state index contributed by atoms with van der Waals surface area (Å²) in [6.07, 6.45) is 4.30. The van der Waals surface area contributed by atoms with E-state index in [9.17, 15) is 0 Å². The number of rotatable bonds is 0. The Hall–Kier alpha value is 1.12. The zero-order valence-corrected chi connectivity index (χ0v) is 6.37. The molecule has 4 aromatic rings. The van der Waals surface area contributed by atoms with E-state index < -0.39 is 0 Å². The first kappa shape index (κ1) is 5.26. The molecular formula is H4O2P4. The number of hydrogen-bond donors (Lipinski definition) is 0. The molecule has 0 amide bonds. The molecule has 0 radical (unpaired) electrons. The van der Waals surface area contributed by atoms with Crippen LogP contribution in [0.2, 0.25) is 0 Å². The van der Waals surface area contributed by atoms with Gasteiger partial charge < -0.3 is 11.0 Å². The summed E-state index contributed by atoms with van der Waals surface area (Å²) in [5, 5.41) is 0. The van der Waals surface area contributed by atoms with Crippen LogP contribution in [0.4, 0.5) is 0 Å². The molecule has 0 saturated heterocycles. The van der Waals surface area contributed by atoms with Gasteiger partial charge in [0.15, 0.2) is 0 Å². The highest BCUT2D eigenvalue weighted by atomic mass is 33.4. The van der Waals surface area contributed by atoms with E-state index in [4.69, 9.17) is 0 Å². The van der Waals surface area contributed by atoms with Crippen LogP contribution >= 0.6 is 25.5 Å². The monoisotopic (exact) mass is 160 g/mol. The zero-order valence-electron chi connectivity index (χ0n) is 2.79. The van der Waals surface area contributed by atoms with Crippen LogP contribution in [-0.4, -0.2) is 11.0 Å². The highest BCUT2D eigenvalue weighted by molar-refractivity contribution is 9.37. The molecule has 0 aromatic carbocycles. The summed E-state index contributed by atoms with van der Waals surface area (Å²) in [6.45, 7) is 0. The maximum atomic E-state index is 1.07. The fraction of sp³-hybridized carbons (Fsp3) is 0. The summed E-state index contributed by atoms with van der Waals surface area (Å²) in [6, 6.07) is 0. The van der Waals surface area contributed by atoms with Gasteiger partial charge in [0.2, 0.25) is 0 Å². The lowest BCUT2D eigenvalue weighted by atomic mass is 16.0. The van der Waals surface area contributed by atoms with Crippen molar-refractivity contribution >= 4 is 25.5 Å². The van der Waals surface area contributed by atoms with Crippen molar-refractivity contribution in [1.82, 2.24) is 0 Å². The molecule has 4 aromatic heterocycles. The van der Waals surface area contributed by atoms with Crippen molar-refractivity contribution < 1.29 is 11.0 Å². The Kier molecular flexibility index (Phi) is 0.817. The Morgan fingerprint density at radius 2 is 0.667 bits per heavy atom. The molecule has 0 aliphatic rings. The van der Waals surface area contributed by atoms with E-state index in [0.717, 1.165) is 25.5 Å². The van der Waals surface area contributed by atoms with Gasteiger partial charge in [0.25, 0.3) is 0 Å². The minimum absolute atomic E-state index is 0.